The molecule has 0 radical (unpaired) electrons. The lowest BCUT2D eigenvalue weighted by Crippen LogP contribution is -2.42. The van der Waals surface area contributed by atoms with E-state index >= 15 is 0 Å². The molecule has 4 N–H and O–H groups in total. The second kappa shape index (κ2) is 9.61. The van der Waals surface area contributed by atoms with Crippen molar-refractivity contribution in [2.75, 3.05) is 18.5 Å². The van der Waals surface area contributed by atoms with E-state index in [1.54, 1.807) is 0 Å². The topological polar surface area (TPSA) is 122 Å². The summed E-state index contributed by atoms with van der Waals surface area (Å²) in [5, 5.41) is 32.1. The Hall–Kier alpha value is -3.14. The summed E-state index contributed by atoms with van der Waals surface area (Å²) in [4.78, 5) is 16.1. The summed E-state index contributed by atoms with van der Waals surface area (Å²) in [5.74, 6) is 1.47. The zero-order chi connectivity index (χ0) is 24.5. The monoisotopic (exact) mass is 485 g/mol. The van der Waals surface area contributed by atoms with E-state index in [9.17, 15) is 15.0 Å². The van der Waals surface area contributed by atoms with Crippen LogP contribution in [0.25, 0.3) is 11.4 Å². The molecule has 2 aromatic carbocycles. The summed E-state index contributed by atoms with van der Waals surface area (Å²) in [6.07, 6.45) is -0.214. The predicted octanol–water partition coefficient (Wildman–Crippen LogP) is 3.44. The van der Waals surface area contributed by atoms with Crippen molar-refractivity contribution in [1.29, 1.82) is 0 Å². The molecule has 1 amide bonds. The van der Waals surface area contributed by atoms with Crippen molar-refractivity contribution in [2.45, 2.75) is 45.4 Å². The van der Waals surface area contributed by atoms with E-state index in [4.69, 9.17) is 16.3 Å². The van der Waals surface area contributed by atoms with Gasteiger partial charge >= 0.3 is 0 Å². The molecule has 0 bridgehead atoms. The van der Waals surface area contributed by atoms with Crippen molar-refractivity contribution in [3.05, 3.63) is 52.8 Å². The first-order chi connectivity index (χ1) is 16.1. The SMILES string of the molecule is Cc1nc(-c2ccc(Cl)cc2)nn1CCC(C)(C)NC[C@H](O)c1cc(O)cc2c1OCC(=O)N2. The van der Waals surface area contributed by atoms with Crippen LogP contribution in [-0.2, 0) is 11.3 Å². The molecule has 0 unspecified atom stereocenters. The van der Waals surface area contributed by atoms with Crippen LogP contribution in [0.2, 0.25) is 5.02 Å². The maximum atomic E-state index is 11.6. The number of aliphatic hydroxyl groups is 1. The van der Waals surface area contributed by atoms with E-state index in [0.29, 0.717) is 34.4 Å². The van der Waals surface area contributed by atoms with E-state index in [1.807, 2.05) is 49.7 Å². The highest BCUT2D eigenvalue weighted by atomic mass is 35.5. The number of phenolic OH excluding ortho intramolecular Hbond substituents is 1. The number of hydrogen-bond acceptors (Lipinski definition) is 7. The van der Waals surface area contributed by atoms with Crippen LogP contribution < -0.4 is 15.4 Å². The number of ether oxygens (including phenoxy) is 1. The quantitative estimate of drug-likeness (QED) is 0.385. The number of benzene rings is 2. The number of rotatable bonds is 8. The van der Waals surface area contributed by atoms with Gasteiger partial charge in [0.15, 0.2) is 12.4 Å². The molecule has 1 aromatic heterocycles. The van der Waals surface area contributed by atoms with Crippen molar-refractivity contribution in [3.63, 3.8) is 0 Å². The van der Waals surface area contributed by atoms with Gasteiger partial charge in [-0.2, -0.15) is 5.10 Å². The number of amides is 1. The number of aromatic nitrogens is 3. The van der Waals surface area contributed by atoms with Crippen molar-refractivity contribution >= 4 is 23.2 Å². The van der Waals surface area contributed by atoms with Crippen LogP contribution in [0.1, 0.15) is 37.8 Å². The van der Waals surface area contributed by atoms with Gasteiger partial charge in [-0.05, 0) is 57.5 Å². The fraction of sp³-hybridized carbons (Fsp3) is 0.375. The number of aliphatic hydroxyl groups excluding tert-OH is 1. The molecular formula is C24H28ClN5O4. The molecule has 2 heterocycles. The van der Waals surface area contributed by atoms with Crippen molar-refractivity contribution in [3.8, 4) is 22.9 Å². The highest BCUT2D eigenvalue weighted by molar-refractivity contribution is 6.30. The van der Waals surface area contributed by atoms with Gasteiger partial charge in [-0.25, -0.2) is 9.67 Å². The highest BCUT2D eigenvalue weighted by Gasteiger charge is 2.26. The lowest BCUT2D eigenvalue weighted by atomic mass is 9.99. The number of aryl methyl sites for hydroxylation is 2. The summed E-state index contributed by atoms with van der Waals surface area (Å²) in [6.45, 7) is 6.74. The number of hydrogen-bond donors (Lipinski definition) is 4. The Morgan fingerprint density at radius 1 is 1.29 bits per heavy atom. The van der Waals surface area contributed by atoms with Gasteiger partial charge in [0.2, 0.25) is 0 Å². The van der Waals surface area contributed by atoms with Gasteiger partial charge < -0.3 is 25.6 Å². The second-order valence-corrected chi connectivity index (χ2v) is 9.43. The number of nitrogens with zero attached hydrogens (tertiary/aromatic N) is 3. The van der Waals surface area contributed by atoms with E-state index in [-0.39, 0.29) is 30.3 Å². The maximum absolute atomic E-state index is 11.6. The number of carbonyl (C=O) groups is 1. The Morgan fingerprint density at radius 3 is 2.76 bits per heavy atom. The predicted molar refractivity (Wildman–Crippen MR) is 129 cm³/mol. The third-order valence-electron chi connectivity index (χ3n) is 5.76. The lowest BCUT2D eigenvalue weighted by Gasteiger charge is -2.29. The highest BCUT2D eigenvalue weighted by Crippen LogP contribution is 2.38. The Bertz CT molecular complexity index is 1190. The summed E-state index contributed by atoms with van der Waals surface area (Å²) in [5.41, 5.74) is 1.34. The van der Waals surface area contributed by atoms with Crippen molar-refractivity contribution in [2.24, 2.45) is 0 Å². The summed E-state index contributed by atoms with van der Waals surface area (Å²) in [6, 6.07) is 10.3. The van der Waals surface area contributed by atoms with Crippen LogP contribution in [0, 0.1) is 6.92 Å². The van der Waals surface area contributed by atoms with Crippen LogP contribution in [-0.4, -0.2) is 49.6 Å². The molecule has 0 saturated carbocycles. The van der Waals surface area contributed by atoms with E-state index in [2.05, 4.69) is 20.7 Å². The zero-order valence-electron chi connectivity index (χ0n) is 19.3. The van der Waals surface area contributed by atoms with Gasteiger partial charge in [0.25, 0.3) is 5.91 Å². The average Bonchev–Trinajstić information content (AvgIpc) is 3.16. The number of nitrogens with one attached hydrogen (secondary N) is 2. The van der Waals surface area contributed by atoms with Gasteiger partial charge in [-0.15, -0.1) is 0 Å². The number of phenols is 1. The largest absolute Gasteiger partial charge is 0.508 e. The molecule has 1 aliphatic rings. The molecule has 0 aliphatic carbocycles. The molecule has 4 rings (SSSR count). The normalized spacial score (nSPS) is 14.3. The minimum Gasteiger partial charge on any atom is -0.508 e. The number of anilines is 1. The third-order valence-corrected chi connectivity index (χ3v) is 6.02. The molecule has 180 valence electrons. The fourth-order valence-electron chi connectivity index (χ4n) is 3.77. The first-order valence-electron chi connectivity index (χ1n) is 11.0. The van der Waals surface area contributed by atoms with E-state index in [1.165, 1.54) is 12.1 Å². The maximum Gasteiger partial charge on any atom is 0.262 e. The fourth-order valence-corrected chi connectivity index (χ4v) is 3.90. The molecule has 10 heteroatoms. The molecule has 0 spiro atoms. The van der Waals surface area contributed by atoms with Gasteiger partial charge in [0, 0.05) is 40.8 Å². The van der Waals surface area contributed by atoms with Gasteiger partial charge in [0.05, 0.1) is 11.8 Å². The minimum absolute atomic E-state index is 0.0593. The number of β-amino-alcohol motifs (C(OH)–C–C–N with tert-alkyl or cyclic N) is 1. The third kappa shape index (κ3) is 5.49. The second-order valence-electron chi connectivity index (χ2n) is 8.99. The van der Waals surface area contributed by atoms with Crippen LogP contribution in [0.4, 0.5) is 5.69 Å². The minimum atomic E-state index is -0.945. The molecule has 0 saturated heterocycles. The van der Waals surface area contributed by atoms with Crippen LogP contribution in [0.15, 0.2) is 36.4 Å². The molecule has 9 nitrogen and oxygen atoms in total. The average molecular weight is 486 g/mol. The standard InChI is InChI=1S/C24H28ClN5O4/c1-14-27-23(15-4-6-16(25)7-5-15)29-30(14)9-8-24(2,3)26-12-20(32)18-10-17(31)11-19-22(18)34-13-21(33)28-19/h4-7,10-11,20,26,31-32H,8-9,12-13H2,1-3H3,(H,28,33)/t20-/m0/s1. The van der Waals surface area contributed by atoms with Crippen LogP contribution >= 0.6 is 11.6 Å². The number of carbonyl (C=O) groups excluding carboxylic acids is 1. The van der Waals surface area contributed by atoms with Gasteiger partial charge in [-0.3, -0.25) is 4.79 Å². The van der Waals surface area contributed by atoms with Crippen molar-refractivity contribution in [1.82, 2.24) is 20.1 Å². The molecule has 1 atom stereocenters. The zero-order valence-corrected chi connectivity index (χ0v) is 20.1. The first-order valence-corrected chi connectivity index (χ1v) is 11.4. The molecular weight excluding hydrogens is 458 g/mol. The molecule has 34 heavy (non-hydrogen) atoms. The molecule has 0 fully saturated rings. The molecule has 1 aliphatic heterocycles. The lowest BCUT2D eigenvalue weighted by molar-refractivity contribution is -0.118. The van der Waals surface area contributed by atoms with Crippen LogP contribution in [0.5, 0.6) is 11.5 Å². The summed E-state index contributed by atoms with van der Waals surface area (Å²) < 4.78 is 7.37. The van der Waals surface area contributed by atoms with E-state index in [0.717, 1.165) is 17.8 Å². The first kappa shape index (κ1) is 24.0. The summed E-state index contributed by atoms with van der Waals surface area (Å²) in [7, 11) is 0. The number of aromatic hydroxyl groups is 1. The Labute approximate surface area is 202 Å². The smallest absolute Gasteiger partial charge is 0.262 e. The Morgan fingerprint density at radius 2 is 2.03 bits per heavy atom. The molecule has 3 aromatic rings. The van der Waals surface area contributed by atoms with Gasteiger partial charge in [-0.1, -0.05) is 11.6 Å². The van der Waals surface area contributed by atoms with E-state index < -0.39 is 6.10 Å². The Balaban J connectivity index is 1.38. The van der Waals surface area contributed by atoms with Gasteiger partial charge in [0.1, 0.15) is 17.3 Å². The summed E-state index contributed by atoms with van der Waals surface area (Å²) >= 11 is 5.97. The Kier molecular flexibility index (Phi) is 6.79. The van der Waals surface area contributed by atoms with Crippen LogP contribution in [0.3, 0.4) is 0 Å². The van der Waals surface area contributed by atoms with Crippen molar-refractivity contribution < 1.29 is 19.7 Å². The number of halogens is 1. The number of fused-ring (bicyclic) bond motifs is 1.